The Kier molecular flexibility index (Phi) is 2.11. The molecule has 1 saturated carbocycles. The molecule has 0 saturated heterocycles. The van der Waals surface area contributed by atoms with Crippen LogP contribution in [0.4, 0.5) is 0 Å². The largest absolute Gasteiger partial charge is 0.329 e. The number of hydrogen-bond donors (Lipinski definition) is 1. The molecule has 0 unspecified atom stereocenters. The average Bonchev–Trinajstić information content (AvgIpc) is 2.96. The van der Waals surface area contributed by atoms with E-state index < -0.39 is 0 Å². The number of para-hydroxylation sites is 1. The molecule has 1 N–H and O–H groups in total. The van der Waals surface area contributed by atoms with Crippen molar-refractivity contribution in [3.63, 3.8) is 0 Å². The number of aromatic amines is 1. The molecule has 0 spiro atoms. The normalized spacial score (nSPS) is 16.1. The van der Waals surface area contributed by atoms with Crippen molar-refractivity contribution < 1.29 is 0 Å². The predicted octanol–water partition coefficient (Wildman–Crippen LogP) is 3.76. The minimum atomic E-state index is 0.744. The fraction of sp³-hybridized carbons (Fsp3) is 0.364. The first-order chi connectivity index (χ1) is 7.25. The summed E-state index contributed by atoms with van der Waals surface area (Å²) in [6.45, 7) is 1.03. The van der Waals surface area contributed by atoms with E-state index in [2.05, 4.69) is 15.6 Å². The van der Waals surface area contributed by atoms with Crippen molar-refractivity contribution >= 4 is 34.9 Å². The fourth-order valence-corrected chi connectivity index (χ4v) is 2.38. The highest BCUT2D eigenvalue weighted by atomic mass is 35.5. The van der Waals surface area contributed by atoms with Gasteiger partial charge in [0.1, 0.15) is 0 Å². The van der Waals surface area contributed by atoms with E-state index in [1.807, 2.05) is 12.1 Å². The molecule has 1 aliphatic rings. The maximum Gasteiger partial charge on any atom is 0.178 e. The highest BCUT2D eigenvalue weighted by molar-refractivity contribution is 7.71. The Morgan fingerprint density at radius 2 is 2.27 bits per heavy atom. The monoisotopic (exact) mass is 238 g/mol. The number of rotatable bonds is 2. The lowest BCUT2D eigenvalue weighted by atomic mass is 10.3. The standard InChI is InChI=1S/C11H11ClN2S/c12-8-2-1-3-9-10(8)13-11(15)14(9)6-7-4-5-7/h1-3,7H,4-6H2,(H,13,15). The summed E-state index contributed by atoms with van der Waals surface area (Å²) in [4.78, 5) is 3.17. The number of fused-ring (bicyclic) bond motifs is 1. The van der Waals surface area contributed by atoms with Crippen LogP contribution in [0.2, 0.25) is 5.02 Å². The van der Waals surface area contributed by atoms with E-state index in [0.717, 1.165) is 33.3 Å². The van der Waals surface area contributed by atoms with E-state index in [-0.39, 0.29) is 0 Å². The molecule has 1 aromatic carbocycles. The molecular weight excluding hydrogens is 228 g/mol. The number of H-pyrrole nitrogens is 1. The molecule has 0 aliphatic heterocycles. The summed E-state index contributed by atoms with van der Waals surface area (Å²) < 4.78 is 2.94. The first-order valence-electron chi connectivity index (χ1n) is 5.13. The average molecular weight is 239 g/mol. The third-order valence-corrected chi connectivity index (χ3v) is 3.53. The van der Waals surface area contributed by atoms with Crippen LogP contribution in [0.15, 0.2) is 18.2 Å². The molecule has 2 nitrogen and oxygen atoms in total. The van der Waals surface area contributed by atoms with Gasteiger partial charge in [0, 0.05) is 6.54 Å². The van der Waals surface area contributed by atoms with Crippen molar-refractivity contribution in [1.29, 1.82) is 0 Å². The minimum Gasteiger partial charge on any atom is -0.329 e. The van der Waals surface area contributed by atoms with E-state index in [1.165, 1.54) is 12.8 Å². The quantitative estimate of drug-likeness (QED) is 0.790. The lowest BCUT2D eigenvalue weighted by molar-refractivity contribution is 0.635. The van der Waals surface area contributed by atoms with Crippen molar-refractivity contribution in [2.45, 2.75) is 19.4 Å². The first-order valence-corrected chi connectivity index (χ1v) is 5.91. The van der Waals surface area contributed by atoms with Crippen LogP contribution in [0.5, 0.6) is 0 Å². The highest BCUT2D eigenvalue weighted by Crippen LogP contribution is 2.32. The Bertz CT molecular complexity index is 565. The van der Waals surface area contributed by atoms with Gasteiger partial charge in [0.15, 0.2) is 4.77 Å². The second-order valence-electron chi connectivity index (χ2n) is 4.12. The van der Waals surface area contributed by atoms with Crippen molar-refractivity contribution in [3.05, 3.63) is 28.0 Å². The summed E-state index contributed by atoms with van der Waals surface area (Å²) in [5.74, 6) is 0.815. The molecule has 0 atom stereocenters. The third kappa shape index (κ3) is 1.60. The van der Waals surface area contributed by atoms with Gasteiger partial charge in [-0.25, -0.2) is 0 Å². The van der Waals surface area contributed by atoms with E-state index >= 15 is 0 Å². The minimum absolute atomic E-state index is 0.744. The fourth-order valence-electron chi connectivity index (χ4n) is 1.89. The van der Waals surface area contributed by atoms with Gasteiger partial charge in [-0.05, 0) is 43.1 Å². The maximum absolute atomic E-state index is 6.10. The number of imidazole rings is 1. The number of nitrogens with zero attached hydrogens (tertiary/aromatic N) is 1. The zero-order valence-corrected chi connectivity index (χ0v) is 9.74. The zero-order valence-electron chi connectivity index (χ0n) is 8.16. The maximum atomic E-state index is 6.10. The summed E-state index contributed by atoms with van der Waals surface area (Å²) in [5, 5.41) is 0.744. The Balaban J connectivity index is 2.22. The topological polar surface area (TPSA) is 20.7 Å². The van der Waals surface area contributed by atoms with Crippen molar-refractivity contribution in [1.82, 2.24) is 9.55 Å². The molecule has 78 valence electrons. The Labute approximate surface area is 97.9 Å². The summed E-state index contributed by atoms with van der Waals surface area (Å²) in [6, 6.07) is 5.92. The van der Waals surface area contributed by atoms with Gasteiger partial charge in [-0.1, -0.05) is 17.7 Å². The number of hydrogen-bond acceptors (Lipinski definition) is 1. The Hall–Kier alpha value is -0.800. The van der Waals surface area contributed by atoms with Crippen LogP contribution in [0.3, 0.4) is 0 Å². The van der Waals surface area contributed by atoms with Crippen LogP contribution in [-0.4, -0.2) is 9.55 Å². The van der Waals surface area contributed by atoms with Crippen LogP contribution in [0.25, 0.3) is 11.0 Å². The lowest BCUT2D eigenvalue weighted by Crippen LogP contribution is -1.98. The molecule has 0 radical (unpaired) electrons. The van der Waals surface area contributed by atoms with Gasteiger partial charge in [-0.3, -0.25) is 0 Å². The summed E-state index contributed by atoms with van der Waals surface area (Å²) in [6.07, 6.45) is 2.66. The summed E-state index contributed by atoms with van der Waals surface area (Å²) in [7, 11) is 0. The molecule has 1 fully saturated rings. The number of benzene rings is 1. The molecule has 1 aromatic heterocycles. The third-order valence-electron chi connectivity index (χ3n) is 2.90. The first kappa shape index (κ1) is 9.43. The Morgan fingerprint density at radius 1 is 1.47 bits per heavy atom. The van der Waals surface area contributed by atoms with Crippen molar-refractivity contribution in [3.8, 4) is 0 Å². The van der Waals surface area contributed by atoms with Crippen LogP contribution < -0.4 is 0 Å². The van der Waals surface area contributed by atoms with Gasteiger partial charge < -0.3 is 9.55 Å². The molecular formula is C11H11ClN2S. The van der Waals surface area contributed by atoms with Gasteiger partial charge in [0.25, 0.3) is 0 Å². The SMILES string of the molecule is S=c1[nH]c2c(Cl)cccc2n1CC1CC1. The molecule has 4 heteroatoms. The van der Waals surface area contributed by atoms with Gasteiger partial charge in [-0.2, -0.15) is 0 Å². The van der Waals surface area contributed by atoms with Crippen LogP contribution in [-0.2, 0) is 6.54 Å². The van der Waals surface area contributed by atoms with E-state index in [1.54, 1.807) is 0 Å². The second kappa shape index (κ2) is 3.35. The number of halogens is 1. The van der Waals surface area contributed by atoms with E-state index in [4.69, 9.17) is 23.8 Å². The second-order valence-corrected chi connectivity index (χ2v) is 4.91. The molecule has 1 aliphatic carbocycles. The van der Waals surface area contributed by atoms with Crippen molar-refractivity contribution in [2.24, 2.45) is 5.92 Å². The smallest absolute Gasteiger partial charge is 0.178 e. The van der Waals surface area contributed by atoms with E-state index in [9.17, 15) is 0 Å². The van der Waals surface area contributed by atoms with Crippen LogP contribution >= 0.6 is 23.8 Å². The molecule has 1 heterocycles. The molecule has 0 amide bonds. The summed E-state index contributed by atoms with van der Waals surface area (Å²) in [5.41, 5.74) is 2.09. The van der Waals surface area contributed by atoms with Crippen molar-refractivity contribution in [2.75, 3.05) is 0 Å². The lowest BCUT2D eigenvalue weighted by Gasteiger charge is -2.02. The molecule has 3 rings (SSSR count). The molecule has 2 aromatic rings. The molecule has 15 heavy (non-hydrogen) atoms. The van der Waals surface area contributed by atoms with Gasteiger partial charge in [0.2, 0.25) is 0 Å². The van der Waals surface area contributed by atoms with Gasteiger partial charge in [0.05, 0.1) is 16.1 Å². The Morgan fingerprint density at radius 3 is 3.00 bits per heavy atom. The molecule has 0 bridgehead atoms. The van der Waals surface area contributed by atoms with Gasteiger partial charge >= 0.3 is 0 Å². The summed E-state index contributed by atoms with van der Waals surface area (Å²) >= 11 is 11.4. The van der Waals surface area contributed by atoms with Crippen LogP contribution in [0, 0.1) is 10.7 Å². The predicted molar refractivity (Wildman–Crippen MR) is 64.9 cm³/mol. The number of aromatic nitrogens is 2. The number of nitrogens with one attached hydrogen (secondary N) is 1. The van der Waals surface area contributed by atoms with E-state index in [0.29, 0.717) is 0 Å². The van der Waals surface area contributed by atoms with Gasteiger partial charge in [-0.15, -0.1) is 0 Å². The zero-order chi connectivity index (χ0) is 10.4. The highest BCUT2D eigenvalue weighted by Gasteiger charge is 2.23. The van der Waals surface area contributed by atoms with Crippen LogP contribution in [0.1, 0.15) is 12.8 Å².